The molecule has 0 spiro atoms. The van der Waals surface area contributed by atoms with E-state index in [4.69, 9.17) is 9.84 Å². The smallest absolute Gasteiger partial charge is 0.320 e. The van der Waals surface area contributed by atoms with E-state index in [1.807, 2.05) is 0 Å². The molecule has 2 N–H and O–H groups in total. The van der Waals surface area contributed by atoms with Crippen LogP contribution >= 0.6 is 0 Å². The standard InChI is InChI=1S/C7H13NO5S/c9-7(10)5-14(11,12)8-4-6-2-1-3-13-6/h6,8H,1-5H2,(H,9,10). The van der Waals surface area contributed by atoms with Crippen molar-refractivity contribution in [2.24, 2.45) is 0 Å². The molecular weight excluding hydrogens is 210 g/mol. The molecule has 1 rings (SSSR count). The third-order valence-electron chi connectivity index (χ3n) is 1.87. The van der Waals surface area contributed by atoms with Crippen LogP contribution < -0.4 is 4.72 Å². The first kappa shape index (κ1) is 11.4. The van der Waals surface area contributed by atoms with E-state index in [2.05, 4.69) is 4.72 Å². The largest absolute Gasteiger partial charge is 0.480 e. The average molecular weight is 223 g/mol. The fraction of sp³-hybridized carbons (Fsp3) is 0.857. The zero-order valence-electron chi connectivity index (χ0n) is 7.60. The summed E-state index contributed by atoms with van der Waals surface area (Å²) in [5.74, 6) is -2.25. The lowest BCUT2D eigenvalue weighted by Crippen LogP contribution is -2.35. The van der Waals surface area contributed by atoms with E-state index >= 15 is 0 Å². The summed E-state index contributed by atoms with van der Waals surface area (Å²) in [4.78, 5) is 10.2. The Bertz CT molecular complexity index is 293. The topological polar surface area (TPSA) is 92.7 Å². The fourth-order valence-corrected chi connectivity index (χ4v) is 2.11. The highest BCUT2D eigenvalue weighted by Gasteiger charge is 2.20. The lowest BCUT2D eigenvalue weighted by atomic mass is 10.2. The molecule has 0 saturated carbocycles. The molecule has 0 amide bonds. The summed E-state index contributed by atoms with van der Waals surface area (Å²) in [6, 6.07) is 0. The maximum atomic E-state index is 11.1. The van der Waals surface area contributed by atoms with Crippen LogP contribution in [-0.2, 0) is 19.6 Å². The van der Waals surface area contributed by atoms with Crippen molar-refractivity contribution in [1.29, 1.82) is 0 Å². The minimum absolute atomic E-state index is 0.112. The molecule has 6 nitrogen and oxygen atoms in total. The first-order valence-electron chi connectivity index (χ1n) is 4.30. The first-order chi connectivity index (χ1) is 6.49. The van der Waals surface area contributed by atoms with Gasteiger partial charge in [0.05, 0.1) is 6.10 Å². The number of carboxylic acid groups (broad SMARTS) is 1. The fourth-order valence-electron chi connectivity index (χ4n) is 1.24. The minimum atomic E-state index is -3.70. The van der Waals surface area contributed by atoms with Crippen LogP contribution in [0.3, 0.4) is 0 Å². The Labute approximate surface area is 82.3 Å². The Hall–Kier alpha value is -0.660. The number of nitrogens with one attached hydrogen (secondary N) is 1. The van der Waals surface area contributed by atoms with E-state index in [1.54, 1.807) is 0 Å². The van der Waals surface area contributed by atoms with E-state index in [0.29, 0.717) is 6.61 Å². The molecule has 1 fully saturated rings. The van der Waals surface area contributed by atoms with Gasteiger partial charge in [0.25, 0.3) is 0 Å². The SMILES string of the molecule is O=C(O)CS(=O)(=O)NCC1CCCO1. The molecule has 1 aliphatic rings. The van der Waals surface area contributed by atoms with Gasteiger partial charge in [-0.3, -0.25) is 4.79 Å². The van der Waals surface area contributed by atoms with Gasteiger partial charge in [-0.25, -0.2) is 13.1 Å². The van der Waals surface area contributed by atoms with Crippen molar-refractivity contribution >= 4 is 16.0 Å². The zero-order valence-corrected chi connectivity index (χ0v) is 8.42. The highest BCUT2D eigenvalue weighted by Crippen LogP contribution is 2.10. The lowest BCUT2D eigenvalue weighted by Gasteiger charge is -2.09. The van der Waals surface area contributed by atoms with Crippen molar-refractivity contribution in [2.45, 2.75) is 18.9 Å². The van der Waals surface area contributed by atoms with Crippen LogP contribution in [0.25, 0.3) is 0 Å². The second-order valence-electron chi connectivity index (χ2n) is 3.14. The van der Waals surface area contributed by atoms with Crippen molar-refractivity contribution in [1.82, 2.24) is 4.72 Å². The van der Waals surface area contributed by atoms with Gasteiger partial charge in [0.2, 0.25) is 10.0 Å². The quantitative estimate of drug-likeness (QED) is 0.634. The number of ether oxygens (including phenoxy) is 1. The van der Waals surface area contributed by atoms with Crippen molar-refractivity contribution in [3.8, 4) is 0 Å². The maximum Gasteiger partial charge on any atom is 0.320 e. The summed E-state index contributed by atoms with van der Waals surface area (Å²) in [6.07, 6.45) is 1.62. The molecule has 82 valence electrons. The Morgan fingerprint density at radius 3 is 2.79 bits per heavy atom. The normalized spacial score (nSPS) is 22.4. The molecule has 1 aliphatic heterocycles. The van der Waals surface area contributed by atoms with Gasteiger partial charge in [0.15, 0.2) is 5.75 Å². The number of sulfonamides is 1. The molecular formula is C7H13NO5S. The molecule has 1 atom stereocenters. The van der Waals surface area contributed by atoms with Gasteiger partial charge in [-0.05, 0) is 12.8 Å². The van der Waals surface area contributed by atoms with Crippen LogP contribution in [0, 0.1) is 0 Å². The molecule has 0 aromatic rings. The lowest BCUT2D eigenvalue weighted by molar-refractivity contribution is -0.134. The van der Waals surface area contributed by atoms with E-state index in [9.17, 15) is 13.2 Å². The first-order valence-corrected chi connectivity index (χ1v) is 5.95. The van der Waals surface area contributed by atoms with Gasteiger partial charge in [-0.1, -0.05) is 0 Å². The van der Waals surface area contributed by atoms with E-state index < -0.39 is 21.7 Å². The minimum Gasteiger partial charge on any atom is -0.480 e. The van der Waals surface area contributed by atoms with Crippen LogP contribution in [-0.4, -0.2) is 44.5 Å². The van der Waals surface area contributed by atoms with Crippen LogP contribution in [0.2, 0.25) is 0 Å². The molecule has 1 heterocycles. The monoisotopic (exact) mass is 223 g/mol. The third-order valence-corrected chi connectivity index (χ3v) is 3.10. The van der Waals surface area contributed by atoms with Crippen LogP contribution in [0.4, 0.5) is 0 Å². The van der Waals surface area contributed by atoms with Crippen LogP contribution in [0.15, 0.2) is 0 Å². The number of carboxylic acids is 1. The summed E-state index contributed by atoms with van der Waals surface area (Å²) in [5.41, 5.74) is 0. The van der Waals surface area contributed by atoms with Crippen molar-refractivity contribution in [3.63, 3.8) is 0 Å². The number of hydrogen-bond acceptors (Lipinski definition) is 4. The molecule has 14 heavy (non-hydrogen) atoms. The Kier molecular flexibility index (Phi) is 3.85. The Morgan fingerprint density at radius 1 is 1.57 bits per heavy atom. The van der Waals surface area contributed by atoms with Gasteiger partial charge in [-0.15, -0.1) is 0 Å². The van der Waals surface area contributed by atoms with Gasteiger partial charge >= 0.3 is 5.97 Å². The van der Waals surface area contributed by atoms with E-state index in [-0.39, 0.29) is 12.6 Å². The maximum absolute atomic E-state index is 11.1. The second kappa shape index (κ2) is 4.72. The van der Waals surface area contributed by atoms with Crippen molar-refractivity contribution in [2.75, 3.05) is 18.9 Å². The summed E-state index contributed by atoms with van der Waals surface area (Å²) in [5, 5.41) is 8.29. The molecule has 0 bridgehead atoms. The van der Waals surface area contributed by atoms with Gasteiger partial charge in [0, 0.05) is 13.2 Å². The predicted molar refractivity (Wildman–Crippen MR) is 48.4 cm³/mol. The predicted octanol–water partition coefficient (Wildman–Crippen LogP) is -0.831. The number of aliphatic carboxylic acids is 1. The van der Waals surface area contributed by atoms with Gasteiger partial charge in [-0.2, -0.15) is 0 Å². The third kappa shape index (κ3) is 4.03. The highest BCUT2D eigenvalue weighted by molar-refractivity contribution is 7.90. The van der Waals surface area contributed by atoms with Crippen molar-refractivity contribution in [3.05, 3.63) is 0 Å². The van der Waals surface area contributed by atoms with E-state index in [1.165, 1.54) is 0 Å². The summed E-state index contributed by atoms with van der Waals surface area (Å²) >= 11 is 0. The number of hydrogen-bond donors (Lipinski definition) is 2. The van der Waals surface area contributed by atoms with E-state index in [0.717, 1.165) is 12.8 Å². The molecule has 1 saturated heterocycles. The van der Waals surface area contributed by atoms with Crippen LogP contribution in [0.5, 0.6) is 0 Å². The Balaban J connectivity index is 2.32. The highest BCUT2D eigenvalue weighted by atomic mass is 32.2. The number of carbonyl (C=O) groups is 1. The molecule has 7 heteroatoms. The van der Waals surface area contributed by atoms with Crippen LogP contribution in [0.1, 0.15) is 12.8 Å². The summed E-state index contributed by atoms with van der Waals surface area (Å²) < 4.78 is 29.5. The zero-order chi connectivity index (χ0) is 10.6. The average Bonchev–Trinajstić information content (AvgIpc) is 2.50. The molecule has 0 radical (unpaired) electrons. The van der Waals surface area contributed by atoms with Gasteiger partial charge in [0.1, 0.15) is 0 Å². The van der Waals surface area contributed by atoms with Crippen molar-refractivity contribution < 1.29 is 23.1 Å². The molecule has 0 aromatic heterocycles. The molecule has 0 aromatic carbocycles. The molecule has 0 aliphatic carbocycles. The summed E-state index contributed by atoms with van der Waals surface area (Å²) in [7, 11) is -3.70. The number of rotatable bonds is 5. The molecule has 1 unspecified atom stereocenters. The Morgan fingerprint density at radius 2 is 2.29 bits per heavy atom. The second-order valence-corrected chi connectivity index (χ2v) is 4.94. The summed E-state index contributed by atoms with van der Waals surface area (Å²) in [6.45, 7) is 0.806. The van der Waals surface area contributed by atoms with Gasteiger partial charge < -0.3 is 9.84 Å².